The quantitative estimate of drug-likeness (QED) is 0.788. The minimum Gasteiger partial charge on any atom is -0.278 e. The summed E-state index contributed by atoms with van der Waals surface area (Å²) in [6.07, 6.45) is 4.42. The lowest BCUT2D eigenvalue weighted by atomic mass is 10.2. The highest BCUT2D eigenvalue weighted by Gasteiger charge is 2.14. The van der Waals surface area contributed by atoms with E-state index in [0.717, 1.165) is 30.4 Å². The van der Waals surface area contributed by atoms with Crippen molar-refractivity contribution in [1.82, 2.24) is 5.01 Å². The molecule has 0 atom stereocenters. The molecule has 1 fully saturated rings. The molecule has 1 aliphatic heterocycles. The summed E-state index contributed by atoms with van der Waals surface area (Å²) in [5.41, 5.74) is 0. The number of halogens is 1. The predicted octanol–water partition coefficient (Wildman–Crippen LogP) is 3.38. The first-order valence-electron chi connectivity index (χ1n) is 6.26. The largest absolute Gasteiger partial charge is 0.301 e. The summed E-state index contributed by atoms with van der Waals surface area (Å²) in [5.74, 6) is 0. The zero-order valence-electron chi connectivity index (χ0n) is 10.5. The maximum atomic E-state index is 12.0. The fourth-order valence-corrected chi connectivity index (χ4v) is 2.93. The van der Waals surface area contributed by atoms with Gasteiger partial charge in [0.1, 0.15) is 0 Å². The molecule has 0 aliphatic carbocycles. The summed E-state index contributed by atoms with van der Waals surface area (Å²) in [4.78, 5) is 0.161. The molecule has 0 N–H and O–H groups in total. The fourth-order valence-electron chi connectivity index (χ4n) is 1.90. The maximum absolute atomic E-state index is 12.0. The van der Waals surface area contributed by atoms with Crippen molar-refractivity contribution >= 4 is 26.0 Å². The average Bonchev–Trinajstić information content (AvgIpc) is 2.65. The molecule has 1 heterocycles. The topological polar surface area (TPSA) is 62.1 Å². The maximum Gasteiger partial charge on any atom is 0.301 e. The van der Waals surface area contributed by atoms with Crippen molar-refractivity contribution in [2.24, 2.45) is 9.74 Å². The summed E-state index contributed by atoms with van der Waals surface area (Å²) < 4.78 is 28.3. The van der Waals surface area contributed by atoms with E-state index >= 15 is 0 Å². The first-order valence-corrected chi connectivity index (χ1v) is 8.50. The van der Waals surface area contributed by atoms with Crippen molar-refractivity contribution in [3.05, 3.63) is 28.7 Å². The molecule has 1 aliphatic rings. The lowest BCUT2D eigenvalue weighted by Crippen LogP contribution is -2.17. The van der Waals surface area contributed by atoms with E-state index in [1.165, 1.54) is 25.0 Å². The molecule has 5 nitrogen and oxygen atoms in total. The van der Waals surface area contributed by atoms with Gasteiger partial charge < -0.3 is 0 Å². The minimum absolute atomic E-state index is 0.161. The lowest BCUT2D eigenvalue weighted by Gasteiger charge is -2.13. The van der Waals surface area contributed by atoms with Crippen LogP contribution in [0, 0.1) is 0 Å². The Morgan fingerprint density at radius 2 is 1.58 bits per heavy atom. The molecule has 0 radical (unpaired) electrons. The Morgan fingerprint density at radius 1 is 1.00 bits per heavy atom. The molecule has 7 heteroatoms. The van der Waals surface area contributed by atoms with Gasteiger partial charge in [0.15, 0.2) is 0 Å². The molecular formula is C12H16BrN3O2S. The van der Waals surface area contributed by atoms with Crippen LogP contribution in [0.15, 0.2) is 43.4 Å². The molecule has 1 aromatic rings. The second-order valence-corrected chi connectivity index (χ2v) is 6.97. The third kappa shape index (κ3) is 4.28. The monoisotopic (exact) mass is 345 g/mol. The molecule has 0 unspecified atom stereocenters. The summed E-state index contributed by atoms with van der Waals surface area (Å²) in [6.45, 7) is 1.55. The molecule has 104 valence electrons. The molecule has 0 saturated carbocycles. The molecule has 2 rings (SSSR count). The highest BCUT2D eigenvalue weighted by atomic mass is 79.9. The standard InChI is InChI=1S/C12H16BrN3O2S/c13-11-5-7-12(8-6-11)19(17,18)15-14-16-9-3-1-2-4-10-16/h5-8H,1-4,9-10H2/b15-14+. The number of nitrogens with zero attached hydrogens (tertiary/aromatic N) is 3. The second-order valence-electron chi connectivity index (χ2n) is 4.47. The van der Waals surface area contributed by atoms with Crippen LogP contribution in [0.3, 0.4) is 0 Å². The van der Waals surface area contributed by atoms with Gasteiger partial charge in [0.05, 0.1) is 4.90 Å². The number of hydrogen-bond acceptors (Lipinski definition) is 3. The van der Waals surface area contributed by atoms with Gasteiger partial charge in [0, 0.05) is 17.6 Å². The first kappa shape index (κ1) is 14.5. The molecule has 1 saturated heterocycles. The summed E-state index contributed by atoms with van der Waals surface area (Å²) in [7, 11) is -3.69. The van der Waals surface area contributed by atoms with E-state index in [0.29, 0.717) is 0 Å². The molecular weight excluding hydrogens is 330 g/mol. The van der Waals surface area contributed by atoms with Gasteiger partial charge in [-0.2, -0.15) is 8.42 Å². The Kier molecular flexibility index (Phi) is 4.93. The van der Waals surface area contributed by atoms with Crippen molar-refractivity contribution < 1.29 is 8.42 Å². The average molecular weight is 346 g/mol. The van der Waals surface area contributed by atoms with Gasteiger partial charge in [0.25, 0.3) is 0 Å². The number of hydrogen-bond donors (Lipinski definition) is 0. The van der Waals surface area contributed by atoms with Crippen molar-refractivity contribution in [1.29, 1.82) is 0 Å². The minimum atomic E-state index is -3.69. The Morgan fingerprint density at radius 3 is 2.16 bits per heavy atom. The molecule has 1 aromatic carbocycles. The third-order valence-corrected chi connectivity index (χ3v) is 4.65. The van der Waals surface area contributed by atoms with Crippen LogP contribution in [0.2, 0.25) is 0 Å². The number of benzene rings is 1. The molecule has 0 spiro atoms. The second kappa shape index (κ2) is 6.47. The van der Waals surface area contributed by atoms with Crippen molar-refractivity contribution in [3.8, 4) is 0 Å². The zero-order valence-corrected chi connectivity index (χ0v) is 12.9. The Bertz CT molecular complexity index is 535. The Balaban J connectivity index is 2.09. The van der Waals surface area contributed by atoms with Crippen molar-refractivity contribution in [3.63, 3.8) is 0 Å². The van der Waals surface area contributed by atoms with Crippen LogP contribution in [0.5, 0.6) is 0 Å². The SMILES string of the molecule is O=S(=O)(/N=N/N1CCCCCC1)c1ccc(Br)cc1. The van der Waals surface area contributed by atoms with Crippen LogP contribution >= 0.6 is 15.9 Å². The summed E-state index contributed by atoms with van der Waals surface area (Å²) >= 11 is 3.27. The first-order chi connectivity index (χ1) is 9.08. The van der Waals surface area contributed by atoms with Crippen LogP contribution in [-0.2, 0) is 10.0 Å². The van der Waals surface area contributed by atoms with Gasteiger partial charge in [0.2, 0.25) is 0 Å². The predicted molar refractivity (Wildman–Crippen MR) is 76.2 cm³/mol. The number of rotatable bonds is 3. The number of sulfonamides is 1. The van der Waals surface area contributed by atoms with Crippen LogP contribution in [0.25, 0.3) is 0 Å². The van der Waals surface area contributed by atoms with Gasteiger partial charge in [-0.15, -0.1) is 0 Å². The van der Waals surface area contributed by atoms with Crippen LogP contribution < -0.4 is 0 Å². The third-order valence-electron chi connectivity index (χ3n) is 2.96. The van der Waals surface area contributed by atoms with Gasteiger partial charge in [-0.3, -0.25) is 5.01 Å². The van der Waals surface area contributed by atoms with Gasteiger partial charge in [-0.1, -0.05) is 34.0 Å². The van der Waals surface area contributed by atoms with Crippen molar-refractivity contribution in [2.45, 2.75) is 30.6 Å². The summed E-state index contributed by atoms with van der Waals surface area (Å²) in [5, 5.41) is 5.61. The Labute approximate surface area is 121 Å². The van der Waals surface area contributed by atoms with Gasteiger partial charge in [-0.05, 0) is 41.6 Å². The van der Waals surface area contributed by atoms with E-state index in [-0.39, 0.29) is 4.90 Å². The highest BCUT2D eigenvalue weighted by Crippen LogP contribution is 2.17. The van der Waals surface area contributed by atoms with E-state index < -0.39 is 10.0 Å². The van der Waals surface area contributed by atoms with Crippen LogP contribution in [0.1, 0.15) is 25.7 Å². The van der Waals surface area contributed by atoms with Crippen LogP contribution in [0.4, 0.5) is 0 Å². The fraction of sp³-hybridized carbons (Fsp3) is 0.500. The smallest absolute Gasteiger partial charge is 0.278 e. The molecule has 0 bridgehead atoms. The van der Waals surface area contributed by atoms with E-state index in [9.17, 15) is 8.42 Å². The zero-order chi connectivity index (χ0) is 13.7. The van der Waals surface area contributed by atoms with Gasteiger partial charge in [-0.25, -0.2) is 0 Å². The Hall–Kier alpha value is -0.950. The molecule has 19 heavy (non-hydrogen) atoms. The van der Waals surface area contributed by atoms with Gasteiger partial charge >= 0.3 is 10.0 Å². The van der Waals surface area contributed by atoms with E-state index in [2.05, 4.69) is 25.7 Å². The summed E-state index contributed by atoms with van der Waals surface area (Å²) in [6, 6.07) is 6.38. The highest BCUT2D eigenvalue weighted by molar-refractivity contribution is 9.10. The normalized spacial score (nSPS) is 17.6. The van der Waals surface area contributed by atoms with E-state index in [4.69, 9.17) is 0 Å². The van der Waals surface area contributed by atoms with Crippen LogP contribution in [-0.4, -0.2) is 26.5 Å². The molecule has 0 amide bonds. The lowest BCUT2D eigenvalue weighted by molar-refractivity contribution is 0.283. The van der Waals surface area contributed by atoms with E-state index in [1.54, 1.807) is 17.1 Å². The van der Waals surface area contributed by atoms with E-state index in [1.807, 2.05) is 0 Å². The van der Waals surface area contributed by atoms with Crippen molar-refractivity contribution in [2.75, 3.05) is 13.1 Å². The molecule has 0 aromatic heterocycles.